The molecule has 0 saturated carbocycles. The van der Waals surface area contributed by atoms with Gasteiger partial charge in [-0.05, 0) is 18.6 Å². The number of rotatable bonds is 5. The summed E-state index contributed by atoms with van der Waals surface area (Å²) in [7, 11) is -3.69. The molecule has 1 aromatic rings. The summed E-state index contributed by atoms with van der Waals surface area (Å²) in [5, 5.41) is 23.3. The number of hydrogen-bond acceptors (Lipinski definition) is 6. The quantitative estimate of drug-likeness (QED) is 0.482. The van der Waals surface area contributed by atoms with Crippen LogP contribution in [0.1, 0.15) is 6.42 Å². The molecule has 0 bridgehead atoms. The highest BCUT2D eigenvalue weighted by molar-refractivity contribution is 7.90. The Morgan fingerprint density at radius 1 is 1.43 bits per heavy atom. The highest BCUT2D eigenvalue weighted by Crippen LogP contribution is 2.33. The van der Waals surface area contributed by atoms with Crippen molar-refractivity contribution in [2.45, 2.75) is 17.4 Å². The summed E-state index contributed by atoms with van der Waals surface area (Å²) in [4.78, 5) is 10.2. The number of benzene rings is 1. The van der Waals surface area contributed by atoms with Gasteiger partial charge in [0.25, 0.3) is 0 Å². The van der Waals surface area contributed by atoms with Crippen molar-refractivity contribution in [1.29, 1.82) is 0 Å². The highest BCUT2D eigenvalue weighted by atomic mass is 32.2. The molecule has 114 valence electrons. The van der Waals surface area contributed by atoms with Crippen LogP contribution in [0, 0.1) is 16.0 Å². The summed E-state index contributed by atoms with van der Waals surface area (Å²) in [5.41, 5.74) is -0.281. The minimum Gasteiger partial charge on any atom is -0.396 e. The third-order valence-corrected chi connectivity index (χ3v) is 4.46. The number of anilines is 1. The summed E-state index contributed by atoms with van der Waals surface area (Å²) in [6.45, 7) is 0.0140. The van der Waals surface area contributed by atoms with E-state index in [-0.39, 0.29) is 29.1 Å². The summed E-state index contributed by atoms with van der Waals surface area (Å²) in [5.74, 6) is 0.0136. The number of nitro groups is 1. The lowest BCUT2D eigenvalue weighted by Crippen LogP contribution is -2.18. The van der Waals surface area contributed by atoms with E-state index in [0.717, 1.165) is 6.26 Å². The van der Waals surface area contributed by atoms with Gasteiger partial charge in [0.15, 0.2) is 9.84 Å². The predicted octanol–water partition coefficient (Wildman–Crippen LogP) is 1.35. The van der Waals surface area contributed by atoms with E-state index in [4.69, 9.17) is 5.11 Å². The Bertz CT molecular complexity index is 684. The zero-order valence-corrected chi connectivity index (χ0v) is 12.2. The fraction of sp³-hybridized carbons (Fsp3) is 0.385. The molecule has 2 atom stereocenters. The summed E-state index contributed by atoms with van der Waals surface area (Å²) in [6.07, 6.45) is 5.20. The van der Waals surface area contributed by atoms with Crippen molar-refractivity contribution >= 4 is 21.2 Å². The van der Waals surface area contributed by atoms with Crippen LogP contribution < -0.4 is 5.32 Å². The van der Waals surface area contributed by atoms with Gasteiger partial charge >= 0.3 is 5.69 Å². The van der Waals surface area contributed by atoms with Gasteiger partial charge in [-0.25, -0.2) is 8.42 Å². The van der Waals surface area contributed by atoms with Gasteiger partial charge in [-0.1, -0.05) is 18.2 Å². The molecule has 1 aliphatic carbocycles. The fourth-order valence-corrected chi connectivity index (χ4v) is 3.20. The topological polar surface area (TPSA) is 110 Å². The molecule has 0 heterocycles. The molecule has 21 heavy (non-hydrogen) atoms. The van der Waals surface area contributed by atoms with Gasteiger partial charge < -0.3 is 10.4 Å². The SMILES string of the molecule is CS(=O)(=O)c1cccc(N[C@H]2C=C[C@@H](CO)C2)c1[N+](=O)[O-]. The van der Waals surface area contributed by atoms with Crippen molar-refractivity contribution in [3.8, 4) is 0 Å². The van der Waals surface area contributed by atoms with E-state index in [1.807, 2.05) is 12.2 Å². The van der Waals surface area contributed by atoms with Gasteiger partial charge in [0.2, 0.25) is 0 Å². The second-order valence-corrected chi connectivity index (χ2v) is 6.98. The van der Waals surface area contributed by atoms with Crippen molar-refractivity contribution in [2.75, 3.05) is 18.2 Å². The number of nitro benzene ring substituents is 1. The summed E-state index contributed by atoms with van der Waals surface area (Å²) < 4.78 is 23.3. The lowest BCUT2D eigenvalue weighted by molar-refractivity contribution is -0.386. The lowest BCUT2D eigenvalue weighted by Gasteiger charge is -2.15. The Hall–Kier alpha value is -1.93. The first-order chi connectivity index (χ1) is 9.82. The van der Waals surface area contributed by atoms with Crippen LogP contribution in [0.25, 0.3) is 0 Å². The maximum absolute atomic E-state index is 11.7. The Kier molecular flexibility index (Phi) is 4.29. The van der Waals surface area contributed by atoms with Crippen molar-refractivity contribution < 1.29 is 18.4 Å². The molecule has 0 radical (unpaired) electrons. The Morgan fingerprint density at radius 3 is 2.67 bits per heavy atom. The van der Waals surface area contributed by atoms with Gasteiger partial charge in [0.05, 0.1) is 4.92 Å². The highest BCUT2D eigenvalue weighted by Gasteiger charge is 2.28. The predicted molar refractivity (Wildman–Crippen MR) is 77.9 cm³/mol. The molecule has 0 fully saturated rings. The molecule has 0 aromatic heterocycles. The van der Waals surface area contributed by atoms with E-state index in [1.54, 1.807) is 0 Å². The summed E-state index contributed by atoms with van der Waals surface area (Å²) >= 11 is 0. The molecule has 2 rings (SSSR count). The number of aliphatic hydroxyl groups excluding tert-OH is 1. The van der Waals surface area contributed by atoms with E-state index < -0.39 is 20.4 Å². The van der Waals surface area contributed by atoms with E-state index in [2.05, 4.69) is 5.32 Å². The lowest BCUT2D eigenvalue weighted by atomic mass is 10.1. The molecule has 7 nitrogen and oxygen atoms in total. The van der Waals surface area contributed by atoms with Crippen LogP contribution in [0.2, 0.25) is 0 Å². The molecule has 1 aliphatic rings. The molecule has 8 heteroatoms. The molecule has 0 spiro atoms. The van der Waals surface area contributed by atoms with E-state index in [0.29, 0.717) is 6.42 Å². The number of para-hydroxylation sites is 1. The molecule has 0 unspecified atom stereocenters. The van der Waals surface area contributed by atoms with Crippen molar-refractivity contribution in [1.82, 2.24) is 0 Å². The van der Waals surface area contributed by atoms with E-state index in [9.17, 15) is 18.5 Å². The van der Waals surface area contributed by atoms with Crippen molar-refractivity contribution in [2.24, 2.45) is 5.92 Å². The average molecular weight is 312 g/mol. The van der Waals surface area contributed by atoms with E-state index in [1.165, 1.54) is 18.2 Å². The minimum atomic E-state index is -3.69. The maximum Gasteiger partial charge on any atom is 0.310 e. The second kappa shape index (κ2) is 5.82. The first kappa shape index (κ1) is 15.5. The van der Waals surface area contributed by atoms with Crippen LogP contribution in [0.15, 0.2) is 35.2 Å². The second-order valence-electron chi connectivity index (χ2n) is 5.00. The number of hydrogen-bond donors (Lipinski definition) is 2. The largest absolute Gasteiger partial charge is 0.396 e. The van der Waals surface area contributed by atoms with Crippen LogP contribution in [0.3, 0.4) is 0 Å². The Balaban J connectivity index is 2.37. The number of sulfone groups is 1. The fourth-order valence-electron chi connectivity index (χ4n) is 2.34. The third-order valence-electron chi connectivity index (χ3n) is 3.33. The van der Waals surface area contributed by atoms with Gasteiger partial charge in [-0.15, -0.1) is 0 Å². The van der Waals surface area contributed by atoms with Crippen LogP contribution >= 0.6 is 0 Å². The van der Waals surface area contributed by atoms with Crippen molar-refractivity contribution in [3.63, 3.8) is 0 Å². The smallest absolute Gasteiger partial charge is 0.310 e. The molecule has 0 saturated heterocycles. The molecule has 0 amide bonds. The molecular weight excluding hydrogens is 296 g/mol. The van der Waals surface area contributed by atoms with Crippen LogP contribution in [0.5, 0.6) is 0 Å². The first-order valence-electron chi connectivity index (χ1n) is 6.36. The molecule has 0 aliphatic heterocycles. The summed E-state index contributed by atoms with van der Waals surface area (Å²) in [6, 6.07) is 4.00. The van der Waals surface area contributed by atoms with Crippen LogP contribution in [-0.4, -0.2) is 37.4 Å². The Labute approximate surface area is 122 Å². The van der Waals surface area contributed by atoms with Crippen LogP contribution in [-0.2, 0) is 9.84 Å². The monoisotopic (exact) mass is 312 g/mol. The van der Waals surface area contributed by atoms with Crippen LogP contribution in [0.4, 0.5) is 11.4 Å². The number of nitrogens with zero attached hydrogens (tertiary/aromatic N) is 1. The third kappa shape index (κ3) is 3.40. The average Bonchev–Trinajstić information content (AvgIpc) is 2.85. The van der Waals surface area contributed by atoms with Gasteiger partial charge in [-0.3, -0.25) is 10.1 Å². The van der Waals surface area contributed by atoms with E-state index >= 15 is 0 Å². The standard InChI is InChI=1S/C13H16N2O5S/c1-21(19,20)12-4-2-3-11(13(12)15(17)18)14-10-6-5-9(7-10)8-16/h2-6,9-10,14,16H,7-8H2,1H3/t9-,10+/m1/s1. The van der Waals surface area contributed by atoms with Gasteiger partial charge in [-0.2, -0.15) is 0 Å². The molecule has 2 N–H and O–H groups in total. The molecular formula is C13H16N2O5S. The first-order valence-corrected chi connectivity index (χ1v) is 8.25. The number of nitrogens with one attached hydrogen (secondary N) is 1. The van der Waals surface area contributed by atoms with Gasteiger partial charge in [0.1, 0.15) is 10.6 Å². The molecule has 1 aromatic carbocycles. The Morgan fingerprint density at radius 2 is 2.14 bits per heavy atom. The van der Waals surface area contributed by atoms with Crippen molar-refractivity contribution in [3.05, 3.63) is 40.5 Å². The van der Waals surface area contributed by atoms with Gasteiger partial charge in [0, 0.05) is 24.8 Å². The zero-order chi connectivity index (χ0) is 15.6. The maximum atomic E-state index is 11.7. The number of aliphatic hydroxyl groups is 1. The zero-order valence-electron chi connectivity index (χ0n) is 11.4. The minimum absolute atomic E-state index is 0.0136. The normalized spacial score (nSPS) is 21.4.